The number of nitrogens with one attached hydrogen (secondary N) is 1. The topological polar surface area (TPSA) is 62.5 Å². The zero-order chi connectivity index (χ0) is 17.6. The summed E-state index contributed by atoms with van der Waals surface area (Å²) in [6, 6.07) is 16.1. The summed E-state index contributed by atoms with van der Waals surface area (Å²) in [4.78, 5) is 19.2. The van der Waals surface area contributed by atoms with E-state index in [4.69, 9.17) is 0 Å². The maximum absolute atomic E-state index is 12.9. The van der Waals surface area contributed by atoms with Gasteiger partial charge in [0.25, 0.3) is 5.95 Å². The molecule has 1 atom stereocenters. The summed E-state index contributed by atoms with van der Waals surface area (Å²) < 4.78 is 1.67. The second kappa shape index (κ2) is 5.83. The quantitative estimate of drug-likeness (QED) is 0.765. The fourth-order valence-electron chi connectivity index (χ4n) is 4.66. The van der Waals surface area contributed by atoms with E-state index in [1.165, 1.54) is 31.2 Å². The number of carbonyl (C=O) groups excluding carboxylic acids is 1. The van der Waals surface area contributed by atoms with Gasteiger partial charge in [0.2, 0.25) is 0 Å². The van der Waals surface area contributed by atoms with E-state index in [0.717, 1.165) is 12.2 Å². The first-order valence-corrected chi connectivity index (χ1v) is 9.19. The van der Waals surface area contributed by atoms with Crippen LogP contribution in [0, 0.1) is 5.41 Å². The number of benzene rings is 1. The molecule has 3 heterocycles. The molecule has 6 nitrogen and oxygen atoms in total. The van der Waals surface area contributed by atoms with E-state index >= 15 is 0 Å². The number of likely N-dealkylation sites (tertiary alicyclic amines) is 1. The number of amides is 2. The predicted molar refractivity (Wildman–Crippen MR) is 98.8 cm³/mol. The van der Waals surface area contributed by atoms with Crippen molar-refractivity contribution in [1.82, 2.24) is 19.5 Å². The number of hydrogen-bond acceptors (Lipinski definition) is 3. The first-order valence-electron chi connectivity index (χ1n) is 9.19. The van der Waals surface area contributed by atoms with Crippen LogP contribution in [0.5, 0.6) is 0 Å². The summed E-state index contributed by atoms with van der Waals surface area (Å²) in [6.45, 7) is 0.811. The predicted octanol–water partition coefficient (Wildman–Crippen LogP) is 3.88. The first-order chi connectivity index (χ1) is 12.8. The molecule has 26 heavy (non-hydrogen) atoms. The summed E-state index contributed by atoms with van der Waals surface area (Å²) in [5.41, 5.74) is 2.18. The van der Waals surface area contributed by atoms with Crippen molar-refractivity contribution in [3.05, 3.63) is 60.3 Å². The van der Waals surface area contributed by atoms with Gasteiger partial charge in [-0.15, -0.1) is 5.10 Å². The molecule has 2 amide bonds. The summed E-state index contributed by atoms with van der Waals surface area (Å²) >= 11 is 0. The first kappa shape index (κ1) is 15.4. The number of aromatic nitrogens is 3. The lowest BCUT2D eigenvalue weighted by Crippen LogP contribution is -2.60. The Balaban J connectivity index is 1.40. The van der Waals surface area contributed by atoms with E-state index in [1.54, 1.807) is 4.52 Å². The van der Waals surface area contributed by atoms with Crippen LogP contribution in [0.1, 0.15) is 37.3 Å². The minimum absolute atomic E-state index is 0.118. The highest BCUT2D eigenvalue weighted by Gasteiger charge is 2.55. The minimum atomic E-state index is -0.118. The normalized spacial score (nSPS) is 21.1. The van der Waals surface area contributed by atoms with Crippen molar-refractivity contribution in [2.24, 2.45) is 5.41 Å². The van der Waals surface area contributed by atoms with Gasteiger partial charge in [-0.2, -0.15) is 4.98 Å². The van der Waals surface area contributed by atoms with Crippen LogP contribution in [0.2, 0.25) is 0 Å². The monoisotopic (exact) mass is 347 g/mol. The Labute approximate surface area is 151 Å². The standard InChI is InChI=1S/C20H21N5O/c26-19(22-18-21-16-10-4-7-13-25(16)23-18)24-14-20(11-5-6-12-20)17(24)15-8-2-1-3-9-15/h1-4,7-10,13,17H,5-6,11-12,14H2,(H,22,23,26). The maximum Gasteiger partial charge on any atom is 0.324 e. The lowest BCUT2D eigenvalue weighted by molar-refractivity contribution is -0.0353. The van der Waals surface area contributed by atoms with Crippen molar-refractivity contribution in [2.75, 3.05) is 11.9 Å². The lowest BCUT2D eigenvalue weighted by atomic mass is 9.67. The van der Waals surface area contributed by atoms with Gasteiger partial charge in [-0.25, -0.2) is 9.31 Å². The minimum Gasteiger partial charge on any atom is -0.316 e. The number of hydrogen-bond donors (Lipinski definition) is 1. The van der Waals surface area contributed by atoms with Crippen molar-refractivity contribution in [1.29, 1.82) is 0 Å². The Morgan fingerprint density at radius 2 is 1.85 bits per heavy atom. The molecule has 0 bridgehead atoms. The van der Waals surface area contributed by atoms with Gasteiger partial charge in [0.15, 0.2) is 5.65 Å². The smallest absolute Gasteiger partial charge is 0.316 e. The lowest BCUT2D eigenvalue weighted by Gasteiger charge is -2.56. The fraction of sp³-hybridized carbons (Fsp3) is 0.350. The van der Waals surface area contributed by atoms with Crippen molar-refractivity contribution in [2.45, 2.75) is 31.7 Å². The molecule has 1 unspecified atom stereocenters. The van der Waals surface area contributed by atoms with Crippen LogP contribution >= 0.6 is 0 Å². The average molecular weight is 347 g/mol. The van der Waals surface area contributed by atoms with Gasteiger partial charge in [0.1, 0.15) is 0 Å². The summed E-state index contributed by atoms with van der Waals surface area (Å²) in [5.74, 6) is 0.348. The number of pyridine rings is 1. The summed E-state index contributed by atoms with van der Waals surface area (Å²) in [7, 11) is 0. The number of urea groups is 1. The van der Waals surface area contributed by atoms with Gasteiger partial charge in [-0.05, 0) is 30.5 Å². The van der Waals surface area contributed by atoms with Gasteiger partial charge in [-0.1, -0.05) is 49.2 Å². The van der Waals surface area contributed by atoms with Crippen LogP contribution in [0.3, 0.4) is 0 Å². The van der Waals surface area contributed by atoms with Crippen LogP contribution in [0.25, 0.3) is 5.65 Å². The Hall–Kier alpha value is -2.89. The van der Waals surface area contributed by atoms with E-state index in [-0.39, 0.29) is 17.5 Å². The molecule has 1 aromatic carbocycles. The molecule has 2 fully saturated rings. The van der Waals surface area contributed by atoms with E-state index < -0.39 is 0 Å². The number of rotatable bonds is 2. The van der Waals surface area contributed by atoms with Gasteiger partial charge >= 0.3 is 6.03 Å². The second-order valence-electron chi connectivity index (χ2n) is 7.38. The molecule has 0 radical (unpaired) electrons. The third kappa shape index (κ3) is 2.36. The molecule has 1 N–H and O–H groups in total. The molecule has 1 aliphatic carbocycles. The SMILES string of the molecule is O=C(Nc1nc2ccccn2n1)N1CC2(CCCC2)C1c1ccccc1. The highest BCUT2D eigenvalue weighted by atomic mass is 16.2. The fourth-order valence-corrected chi connectivity index (χ4v) is 4.66. The molecule has 1 spiro atoms. The van der Waals surface area contributed by atoms with Crippen LogP contribution in [0.4, 0.5) is 10.7 Å². The van der Waals surface area contributed by atoms with Crippen LogP contribution in [0.15, 0.2) is 54.7 Å². The molecule has 2 aromatic heterocycles. The van der Waals surface area contributed by atoms with Gasteiger partial charge in [-0.3, -0.25) is 5.32 Å². The van der Waals surface area contributed by atoms with Gasteiger partial charge in [0, 0.05) is 18.2 Å². The molecule has 3 aromatic rings. The zero-order valence-electron chi connectivity index (χ0n) is 14.5. The summed E-state index contributed by atoms with van der Waals surface area (Å²) in [5, 5.41) is 7.21. The highest BCUT2D eigenvalue weighted by Crippen LogP contribution is 2.58. The molecule has 5 rings (SSSR count). The number of carbonyl (C=O) groups is 1. The van der Waals surface area contributed by atoms with E-state index in [9.17, 15) is 4.79 Å². The van der Waals surface area contributed by atoms with Gasteiger partial charge in [0.05, 0.1) is 6.04 Å². The van der Waals surface area contributed by atoms with E-state index in [0.29, 0.717) is 5.95 Å². The van der Waals surface area contributed by atoms with E-state index in [1.807, 2.05) is 35.4 Å². The van der Waals surface area contributed by atoms with Crippen molar-refractivity contribution in [3.8, 4) is 0 Å². The molecule has 132 valence electrons. The van der Waals surface area contributed by atoms with Crippen molar-refractivity contribution in [3.63, 3.8) is 0 Å². The average Bonchev–Trinajstić information content (AvgIpc) is 3.28. The molecule has 6 heteroatoms. The van der Waals surface area contributed by atoms with Crippen LogP contribution in [-0.4, -0.2) is 32.1 Å². The summed E-state index contributed by atoms with van der Waals surface area (Å²) in [6.07, 6.45) is 6.73. The Kier molecular flexibility index (Phi) is 3.45. The molecular formula is C20H21N5O. The molecule has 2 aliphatic rings. The zero-order valence-corrected chi connectivity index (χ0v) is 14.5. The highest BCUT2D eigenvalue weighted by molar-refractivity contribution is 5.89. The number of anilines is 1. The second-order valence-corrected chi connectivity index (χ2v) is 7.38. The third-order valence-corrected chi connectivity index (χ3v) is 5.81. The maximum atomic E-state index is 12.9. The van der Waals surface area contributed by atoms with E-state index in [2.05, 4.69) is 39.7 Å². The Bertz CT molecular complexity index is 912. The van der Waals surface area contributed by atoms with Crippen LogP contribution in [-0.2, 0) is 0 Å². The molecule has 1 saturated heterocycles. The number of fused-ring (bicyclic) bond motifs is 1. The third-order valence-electron chi connectivity index (χ3n) is 5.81. The molecule has 1 saturated carbocycles. The Morgan fingerprint density at radius 3 is 2.62 bits per heavy atom. The Morgan fingerprint density at radius 1 is 1.08 bits per heavy atom. The van der Waals surface area contributed by atoms with Crippen molar-refractivity contribution >= 4 is 17.6 Å². The number of nitrogens with zero attached hydrogens (tertiary/aromatic N) is 4. The van der Waals surface area contributed by atoms with Crippen LogP contribution < -0.4 is 5.32 Å². The van der Waals surface area contributed by atoms with Gasteiger partial charge < -0.3 is 4.90 Å². The molecular weight excluding hydrogens is 326 g/mol. The largest absolute Gasteiger partial charge is 0.324 e. The van der Waals surface area contributed by atoms with Crippen molar-refractivity contribution < 1.29 is 4.79 Å². The molecule has 1 aliphatic heterocycles.